The first kappa shape index (κ1) is 13.7. The van der Waals surface area contributed by atoms with E-state index in [0.29, 0.717) is 12.8 Å². The highest BCUT2D eigenvalue weighted by Gasteiger charge is 2.65. The van der Waals surface area contributed by atoms with Crippen molar-refractivity contribution in [2.75, 3.05) is 0 Å². The molecule has 0 aromatic heterocycles. The van der Waals surface area contributed by atoms with Gasteiger partial charge in [0.15, 0.2) is 0 Å². The Morgan fingerprint density at radius 1 is 1.40 bits per heavy atom. The fourth-order valence-corrected chi connectivity index (χ4v) is 3.62. The van der Waals surface area contributed by atoms with E-state index in [-0.39, 0.29) is 17.8 Å². The van der Waals surface area contributed by atoms with Crippen LogP contribution >= 0.6 is 0 Å². The molecule has 7 nitrogen and oxygen atoms in total. The van der Waals surface area contributed by atoms with Crippen LogP contribution in [0, 0.1) is 17.8 Å². The van der Waals surface area contributed by atoms with Crippen LogP contribution in [-0.2, 0) is 29.2 Å². The minimum absolute atomic E-state index is 0.176. The van der Waals surface area contributed by atoms with E-state index < -0.39 is 39.5 Å². The average molecular weight is 312 g/mol. The molecule has 0 aromatic rings. The fourth-order valence-electron chi connectivity index (χ4n) is 3.36. The summed E-state index contributed by atoms with van der Waals surface area (Å²) < 4.78 is 65.0. The van der Waals surface area contributed by atoms with Crippen LogP contribution in [0.4, 0.5) is 8.78 Å². The minimum atomic E-state index is -5.90. The van der Waals surface area contributed by atoms with E-state index in [1.807, 2.05) is 0 Å². The lowest BCUT2D eigenvalue weighted by molar-refractivity contribution is -0.176. The Bertz CT molecular complexity index is 586. The number of halogens is 2. The summed E-state index contributed by atoms with van der Waals surface area (Å²) in [6.45, 7) is 0. The van der Waals surface area contributed by atoms with Gasteiger partial charge < -0.3 is 9.47 Å². The van der Waals surface area contributed by atoms with Crippen molar-refractivity contribution in [1.29, 1.82) is 0 Å². The Balaban J connectivity index is 1.77. The van der Waals surface area contributed by atoms with Gasteiger partial charge >= 0.3 is 27.3 Å². The lowest BCUT2D eigenvalue weighted by Crippen LogP contribution is -2.44. The van der Waals surface area contributed by atoms with Crippen LogP contribution in [0.5, 0.6) is 0 Å². The first-order valence-corrected chi connectivity index (χ1v) is 7.33. The van der Waals surface area contributed by atoms with Crippen molar-refractivity contribution in [3.8, 4) is 0 Å². The van der Waals surface area contributed by atoms with Gasteiger partial charge in [0.2, 0.25) is 0 Å². The summed E-state index contributed by atoms with van der Waals surface area (Å²) in [5, 5.41) is -5.03. The number of esters is 2. The third kappa shape index (κ3) is 1.67. The standard InChI is InChI=1S/C10H10F2O7S/c11-10(12,20(15,16)17)9(14)19-6-3-1-4-5(2-3)8(13)18-7(4)6/h3-7H,1-2H2,(H,15,16,17)/t3?,4-,5?,6?,7?/m0/s1. The van der Waals surface area contributed by atoms with Gasteiger partial charge in [-0.2, -0.15) is 17.2 Å². The van der Waals surface area contributed by atoms with E-state index in [0.717, 1.165) is 0 Å². The second kappa shape index (κ2) is 3.88. The van der Waals surface area contributed by atoms with E-state index in [9.17, 15) is 26.8 Å². The van der Waals surface area contributed by atoms with E-state index in [2.05, 4.69) is 4.74 Å². The molecule has 1 aliphatic heterocycles. The lowest BCUT2D eigenvalue weighted by atomic mass is 9.88. The molecule has 2 bridgehead atoms. The molecule has 3 rings (SSSR count). The maximum Gasteiger partial charge on any atom is 0.465 e. The second-order valence-electron chi connectivity index (χ2n) is 5.27. The zero-order valence-electron chi connectivity index (χ0n) is 9.86. The van der Waals surface area contributed by atoms with E-state index >= 15 is 0 Å². The van der Waals surface area contributed by atoms with Gasteiger partial charge in [0.05, 0.1) is 5.92 Å². The van der Waals surface area contributed by atoms with Crippen LogP contribution < -0.4 is 0 Å². The van der Waals surface area contributed by atoms with Crippen LogP contribution in [0.2, 0.25) is 0 Å². The number of fused-ring (bicyclic) bond motifs is 1. The molecule has 2 aliphatic carbocycles. The smallest absolute Gasteiger partial charge is 0.458 e. The number of rotatable bonds is 3. The van der Waals surface area contributed by atoms with Crippen molar-refractivity contribution < 1.29 is 40.8 Å². The molecule has 3 fully saturated rings. The molecule has 1 heterocycles. The van der Waals surface area contributed by atoms with Crippen molar-refractivity contribution >= 4 is 22.1 Å². The molecular weight excluding hydrogens is 302 g/mol. The molecule has 2 saturated carbocycles. The Kier molecular flexibility index (Phi) is 2.65. The molecule has 112 valence electrons. The van der Waals surface area contributed by atoms with E-state index in [1.165, 1.54) is 0 Å². The van der Waals surface area contributed by atoms with Crippen molar-refractivity contribution in [3.63, 3.8) is 0 Å². The van der Waals surface area contributed by atoms with Gasteiger partial charge in [-0.15, -0.1) is 0 Å². The van der Waals surface area contributed by atoms with Crippen LogP contribution in [-0.4, -0.2) is 42.4 Å². The number of carbonyl (C=O) groups is 2. The maximum absolute atomic E-state index is 13.1. The highest BCUT2D eigenvalue weighted by atomic mass is 32.2. The first-order chi connectivity index (χ1) is 9.13. The topological polar surface area (TPSA) is 107 Å². The fraction of sp³-hybridized carbons (Fsp3) is 0.800. The summed E-state index contributed by atoms with van der Waals surface area (Å²) in [7, 11) is -5.90. The van der Waals surface area contributed by atoms with Crippen LogP contribution in [0.25, 0.3) is 0 Å². The number of hydrogen-bond donors (Lipinski definition) is 1. The van der Waals surface area contributed by atoms with E-state index in [1.54, 1.807) is 0 Å². The Hall–Kier alpha value is -1.29. The summed E-state index contributed by atoms with van der Waals surface area (Å²) in [6.07, 6.45) is -0.999. The zero-order valence-corrected chi connectivity index (χ0v) is 10.7. The van der Waals surface area contributed by atoms with Gasteiger partial charge in [0.1, 0.15) is 12.2 Å². The summed E-state index contributed by atoms with van der Waals surface area (Å²) in [4.78, 5) is 22.7. The Morgan fingerprint density at radius 3 is 2.65 bits per heavy atom. The van der Waals surface area contributed by atoms with Gasteiger partial charge in [-0.1, -0.05) is 0 Å². The highest BCUT2D eigenvalue weighted by molar-refractivity contribution is 7.87. The van der Waals surface area contributed by atoms with Crippen LogP contribution in [0.15, 0.2) is 0 Å². The Morgan fingerprint density at radius 2 is 2.05 bits per heavy atom. The van der Waals surface area contributed by atoms with E-state index in [4.69, 9.17) is 9.29 Å². The quantitative estimate of drug-likeness (QED) is 0.575. The normalized spacial score (nSPS) is 39.0. The number of carbonyl (C=O) groups excluding carboxylic acids is 2. The molecule has 3 aliphatic rings. The molecule has 0 aromatic carbocycles. The molecule has 1 N–H and O–H groups in total. The Labute approximate surface area is 112 Å². The number of ether oxygens (including phenoxy) is 2. The molecule has 0 radical (unpaired) electrons. The van der Waals surface area contributed by atoms with Crippen molar-refractivity contribution in [3.05, 3.63) is 0 Å². The van der Waals surface area contributed by atoms with Gasteiger partial charge in [0, 0.05) is 11.8 Å². The SMILES string of the molecule is O=C1OC2C(OC(=O)C(F)(F)S(=O)(=O)O)C3CC1[C@@H]2C3. The maximum atomic E-state index is 13.1. The third-order valence-electron chi connectivity index (χ3n) is 4.22. The monoisotopic (exact) mass is 312 g/mol. The van der Waals surface area contributed by atoms with Crippen molar-refractivity contribution in [1.82, 2.24) is 0 Å². The molecule has 20 heavy (non-hydrogen) atoms. The summed E-state index contributed by atoms with van der Waals surface area (Å²) in [6, 6.07) is 0. The summed E-state index contributed by atoms with van der Waals surface area (Å²) in [5.74, 6) is -3.56. The van der Waals surface area contributed by atoms with Gasteiger partial charge in [-0.3, -0.25) is 9.35 Å². The van der Waals surface area contributed by atoms with Gasteiger partial charge in [0.25, 0.3) is 0 Å². The number of hydrogen-bond acceptors (Lipinski definition) is 6. The molecular formula is C10H10F2O7S. The third-order valence-corrected chi connectivity index (χ3v) is 5.03. The second-order valence-corrected chi connectivity index (χ2v) is 6.73. The summed E-state index contributed by atoms with van der Waals surface area (Å²) in [5.41, 5.74) is 0. The molecule has 1 saturated heterocycles. The molecule has 4 unspecified atom stereocenters. The zero-order chi connectivity index (χ0) is 14.9. The molecule has 0 amide bonds. The largest absolute Gasteiger partial charge is 0.465 e. The predicted molar refractivity (Wildman–Crippen MR) is 56.0 cm³/mol. The average Bonchev–Trinajstić information content (AvgIpc) is 2.91. The predicted octanol–water partition coefficient (Wildman–Crippen LogP) is -0.0398. The van der Waals surface area contributed by atoms with Gasteiger partial charge in [-0.25, -0.2) is 4.79 Å². The minimum Gasteiger partial charge on any atom is -0.458 e. The molecule has 0 spiro atoms. The highest BCUT2D eigenvalue weighted by Crippen LogP contribution is 2.55. The van der Waals surface area contributed by atoms with Crippen molar-refractivity contribution in [2.45, 2.75) is 30.3 Å². The molecule has 10 heteroatoms. The van der Waals surface area contributed by atoms with Crippen LogP contribution in [0.3, 0.4) is 0 Å². The first-order valence-electron chi connectivity index (χ1n) is 5.89. The summed E-state index contributed by atoms with van der Waals surface area (Å²) >= 11 is 0. The number of alkyl halides is 2. The van der Waals surface area contributed by atoms with Crippen molar-refractivity contribution in [2.24, 2.45) is 17.8 Å². The lowest BCUT2D eigenvalue weighted by Gasteiger charge is -2.26. The molecule has 5 atom stereocenters. The van der Waals surface area contributed by atoms with Crippen LogP contribution in [0.1, 0.15) is 12.8 Å². The van der Waals surface area contributed by atoms with Gasteiger partial charge in [-0.05, 0) is 12.8 Å².